The van der Waals surface area contributed by atoms with Gasteiger partial charge in [-0.2, -0.15) is 0 Å². The third kappa shape index (κ3) is 3.86. The van der Waals surface area contributed by atoms with Gasteiger partial charge in [0.1, 0.15) is 16.4 Å². The van der Waals surface area contributed by atoms with Crippen molar-refractivity contribution < 1.29 is 13.7 Å². The summed E-state index contributed by atoms with van der Waals surface area (Å²) in [5.41, 5.74) is 1.16. The van der Waals surface area contributed by atoms with Crippen LogP contribution in [0.5, 0.6) is 0 Å². The Morgan fingerprint density at radius 3 is 2.86 bits per heavy atom. The number of nitrogens with zero attached hydrogens (tertiary/aromatic N) is 6. The predicted octanol–water partition coefficient (Wildman–Crippen LogP) is 3.10. The third-order valence-corrected chi connectivity index (χ3v) is 4.60. The quantitative estimate of drug-likeness (QED) is 0.370. The molecular formula is C16H12FN7O3S. The third-order valence-electron chi connectivity index (χ3n) is 3.70. The van der Waals surface area contributed by atoms with Crippen LogP contribution in [-0.4, -0.2) is 30.1 Å². The normalized spacial score (nSPS) is 10.9. The second kappa shape index (κ2) is 7.52. The molecule has 0 fully saturated rings. The van der Waals surface area contributed by atoms with Crippen LogP contribution in [-0.2, 0) is 13.1 Å². The first kappa shape index (κ1) is 17.7. The summed E-state index contributed by atoms with van der Waals surface area (Å²) in [4.78, 5) is 10.1. The van der Waals surface area contributed by atoms with E-state index in [1.165, 1.54) is 29.5 Å². The molecule has 4 aromatic rings. The van der Waals surface area contributed by atoms with Gasteiger partial charge in [-0.05, 0) is 12.1 Å². The van der Waals surface area contributed by atoms with Crippen molar-refractivity contribution in [1.82, 2.24) is 25.2 Å². The molecule has 28 heavy (non-hydrogen) atoms. The molecule has 12 heteroatoms. The summed E-state index contributed by atoms with van der Waals surface area (Å²) in [6, 6.07) is 9.21. The minimum absolute atomic E-state index is 0.271. The Bertz CT molecular complexity index is 1120. The van der Waals surface area contributed by atoms with Gasteiger partial charge in [0.05, 0.1) is 25.4 Å². The lowest BCUT2D eigenvalue weighted by molar-refractivity contribution is -0.401. The lowest BCUT2D eigenvalue weighted by Gasteiger charge is -2.01. The van der Waals surface area contributed by atoms with Crippen LogP contribution in [0, 0.1) is 15.9 Å². The number of halogens is 1. The van der Waals surface area contributed by atoms with Crippen LogP contribution in [0.15, 0.2) is 47.0 Å². The summed E-state index contributed by atoms with van der Waals surface area (Å²) in [6.45, 7) is 0.615. The molecule has 0 aliphatic rings. The topological polar surface area (TPSA) is 125 Å². The van der Waals surface area contributed by atoms with Crippen LogP contribution in [0.2, 0.25) is 0 Å². The zero-order valence-corrected chi connectivity index (χ0v) is 15.0. The summed E-state index contributed by atoms with van der Waals surface area (Å²) in [5.74, 6) is -0.378. The number of aromatic nitrogens is 5. The molecule has 3 aromatic heterocycles. The first-order chi connectivity index (χ1) is 13.6. The maximum absolute atomic E-state index is 13.7. The molecule has 0 aliphatic carbocycles. The van der Waals surface area contributed by atoms with Gasteiger partial charge in [-0.1, -0.05) is 34.7 Å². The van der Waals surface area contributed by atoms with Crippen LogP contribution < -0.4 is 5.32 Å². The Morgan fingerprint density at radius 1 is 1.21 bits per heavy atom. The van der Waals surface area contributed by atoms with E-state index < -0.39 is 4.92 Å². The smallest absolute Gasteiger partial charge is 0.398 e. The SMILES string of the molecule is O=[N+]([O-])c1ccc(-c2nnc(NCc3cn(Cc4ccccc4F)nn3)s2)o1. The summed E-state index contributed by atoms with van der Waals surface area (Å²) in [7, 11) is 0. The van der Waals surface area contributed by atoms with Crippen molar-refractivity contribution in [1.29, 1.82) is 0 Å². The minimum Gasteiger partial charge on any atom is -0.398 e. The van der Waals surface area contributed by atoms with Crippen molar-refractivity contribution in [3.8, 4) is 10.8 Å². The Balaban J connectivity index is 1.37. The number of hydrogen-bond donors (Lipinski definition) is 1. The van der Waals surface area contributed by atoms with E-state index in [-0.39, 0.29) is 24.0 Å². The number of benzene rings is 1. The van der Waals surface area contributed by atoms with E-state index in [0.717, 1.165) is 0 Å². The van der Waals surface area contributed by atoms with E-state index in [1.54, 1.807) is 29.1 Å². The van der Waals surface area contributed by atoms with Crippen LogP contribution in [0.4, 0.5) is 15.4 Å². The molecule has 0 amide bonds. The Morgan fingerprint density at radius 2 is 2.07 bits per heavy atom. The highest BCUT2D eigenvalue weighted by Crippen LogP contribution is 2.30. The highest BCUT2D eigenvalue weighted by atomic mass is 32.1. The molecule has 1 aromatic carbocycles. The van der Waals surface area contributed by atoms with E-state index in [0.29, 0.717) is 27.9 Å². The summed E-state index contributed by atoms with van der Waals surface area (Å²) >= 11 is 1.19. The maximum Gasteiger partial charge on any atom is 0.433 e. The molecule has 0 saturated carbocycles. The van der Waals surface area contributed by atoms with Crippen LogP contribution >= 0.6 is 11.3 Å². The van der Waals surface area contributed by atoms with Crippen molar-refractivity contribution in [3.05, 3.63) is 69.8 Å². The predicted molar refractivity (Wildman–Crippen MR) is 97.1 cm³/mol. The first-order valence-corrected chi connectivity index (χ1v) is 8.84. The zero-order valence-electron chi connectivity index (χ0n) is 14.1. The van der Waals surface area contributed by atoms with Crippen molar-refractivity contribution >= 4 is 22.4 Å². The van der Waals surface area contributed by atoms with Gasteiger partial charge < -0.3 is 9.73 Å². The number of nitro groups is 1. The molecule has 0 bridgehead atoms. The van der Waals surface area contributed by atoms with Gasteiger partial charge in [0.15, 0.2) is 10.8 Å². The van der Waals surface area contributed by atoms with Gasteiger partial charge in [0.2, 0.25) is 5.13 Å². The summed E-state index contributed by atoms with van der Waals surface area (Å²) in [6.07, 6.45) is 1.71. The largest absolute Gasteiger partial charge is 0.433 e. The number of hydrogen-bond acceptors (Lipinski definition) is 9. The fourth-order valence-corrected chi connectivity index (χ4v) is 3.10. The van der Waals surface area contributed by atoms with Gasteiger partial charge in [-0.25, -0.2) is 9.07 Å². The van der Waals surface area contributed by atoms with E-state index in [1.807, 2.05) is 0 Å². The maximum atomic E-state index is 13.7. The molecule has 142 valence electrons. The van der Waals surface area contributed by atoms with Crippen LogP contribution in [0.1, 0.15) is 11.3 Å². The molecule has 1 N–H and O–H groups in total. The molecule has 3 heterocycles. The molecule has 0 spiro atoms. The monoisotopic (exact) mass is 401 g/mol. The van der Waals surface area contributed by atoms with E-state index in [4.69, 9.17) is 4.42 Å². The zero-order chi connectivity index (χ0) is 19.5. The van der Waals surface area contributed by atoms with E-state index >= 15 is 0 Å². The molecule has 0 radical (unpaired) electrons. The van der Waals surface area contributed by atoms with E-state index in [9.17, 15) is 14.5 Å². The van der Waals surface area contributed by atoms with Gasteiger partial charge >= 0.3 is 5.88 Å². The first-order valence-electron chi connectivity index (χ1n) is 8.03. The number of anilines is 1. The molecule has 10 nitrogen and oxygen atoms in total. The van der Waals surface area contributed by atoms with Crippen LogP contribution in [0.3, 0.4) is 0 Å². The molecule has 0 aliphatic heterocycles. The van der Waals surface area contributed by atoms with Gasteiger partial charge in [-0.3, -0.25) is 10.1 Å². The fourth-order valence-electron chi connectivity index (χ4n) is 2.40. The highest BCUT2D eigenvalue weighted by molar-refractivity contribution is 7.18. The Kier molecular flexibility index (Phi) is 4.76. The second-order valence-corrected chi connectivity index (χ2v) is 6.64. The standard InChI is InChI=1S/C16H12FN7O3S/c17-12-4-2-1-3-10(12)8-23-9-11(19-22-23)7-18-16-21-20-15(28-16)13-5-6-14(27-13)24(25)26/h1-6,9H,7-8H2,(H,18,21). The number of nitrogens with one attached hydrogen (secondary N) is 1. The van der Waals surface area contributed by atoms with Gasteiger partial charge in [0, 0.05) is 5.56 Å². The molecular weight excluding hydrogens is 389 g/mol. The van der Waals surface area contributed by atoms with Gasteiger partial charge in [-0.15, -0.1) is 15.3 Å². The average Bonchev–Trinajstić information content (AvgIpc) is 3.42. The minimum atomic E-state index is -0.617. The average molecular weight is 401 g/mol. The number of rotatable bonds is 7. The molecule has 0 atom stereocenters. The van der Waals surface area contributed by atoms with Crippen LogP contribution in [0.25, 0.3) is 10.8 Å². The van der Waals surface area contributed by atoms with Gasteiger partial charge in [0.25, 0.3) is 0 Å². The fraction of sp³-hybridized carbons (Fsp3) is 0.125. The lowest BCUT2D eigenvalue weighted by atomic mass is 10.2. The van der Waals surface area contributed by atoms with Crippen molar-refractivity contribution in [2.45, 2.75) is 13.1 Å². The number of furan rings is 1. The Labute approximate surface area is 160 Å². The van der Waals surface area contributed by atoms with E-state index in [2.05, 4.69) is 25.8 Å². The van der Waals surface area contributed by atoms with Crippen molar-refractivity contribution in [2.75, 3.05) is 5.32 Å². The molecule has 0 saturated heterocycles. The Hall–Kier alpha value is -3.67. The van der Waals surface area contributed by atoms with Crippen molar-refractivity contribution in [2.24, 2.45) is 0 Å². The highest BCUT2D eigenvalue weighted by Gasteiger charge is 2.16. The van der Waals surface area contributed by atoms with Crippen molar-refractivity contribution in [3.63, 3.8) is 0 Å². The molecule has 4 rings (SSSR count). The lowest BCUT2D eigenvalue weighted by Crippen LogP contribution is -2.02. The summed E-state index contributed by atoms with van der Waals surface area (Å²) < 4.78 is 20.4. The second-order valence-electron chi connectivity index (χ2n) is 5.66. The molecule has 0 unspecified atom stereocenters. The summed E-state index contributed by atoms with van der Waals surface area (Å²) in [5, 5.41) is 30.6.